The number of halogens is 2. The summed E-state index contributed by atoms with van der Waals surface area (Å²) in [7, 11) is 0. The SMILES string of the molecule is CC(CN1CCCCC1CC1CCCCC1)c1cccc(C(O)c2ccc(Cl)c(Cl)c2)c1. The molecular formula is C28H37Cl2NO. The van der Waals surface area contributed by atoms with Crippen LogP contribution in [0, 0.1) is 5.92 Å². The number of aliphatic hydroxyl groups excluding tert-OH is 1. The second-order valence-corrected chi connectivity index (χ2v) is 10.8. The minimum atomic E-state index is -0.703. The lowest BCUT2D eigenvalue weighted by Gasteiger charge is -2.40. The van der Waals surface area contributed by atoms with Gasteiger partial charge < -0.3 is 5.11 Å². The van der Waals surface area contributed by atoms with Crippen LogP contribution in [0.15, 0.2) is 42.5 Å². The Morgan fingerprint density at radius 1 is 0.875 bits per heavy atom. The van der Waals surface area contributed by atoms with E-state index < -0.39 is 6.10 Å². The second kappa shape index (κ2) is 11.4. The molecule has 1 aliphatic carbocycles. The third-order valence-electron chi connectivity index (χ3n) is 7.64. The zero-order chi connectivity index (χ0) is 22.5. The van der Waals surface area contributed by atoms with E-state index in [1.165, 1.54) is 69.9 Å². The number of hydrogen-bond acceptors (Lipinski definition) is 2. The van der Waals surface area contributed by atoms with Crippen molar-refractivity contribution in [1.29, 1.82) is 0 Å². The third-order valence-corrected chi connectivity index (χ3v) is 8.38. The summed E-state index contributed by atoms with van der Waals surface area (Å²) >= 11 is 12.2. The van der Waals surface area contributed by atoms with Gasteiger partial charge in [0.25, 0.3) is 0 Å². The Bertz CT molecular complexity index is 879. The lowest BCUT2D eigenvalue weighted by Crippen LogP contribution is -2.42. The standard InChI is InChI=1S/C28H37Cl2NO/c1-20(19-31-15-6-5-12-25(31)16-21-8-3-2-4-9-21)22-10-7-11-23(17-22)28(32)24-13-14-26(29)27(30)18-24/h7,10-11,13-14,17-18,20-21,25,28,32H,2-6,8-9,12,15-16,19H2,1H3. The Kier molecular flexibility index (Phi) is 8.56. The molecule has 0 aromatic heterocycles. The molecular weight excluding hydrogens is 437 g/mol. The smallest absolute Gasteiger partial charge is 0.104 e. The van der Waals surface area contributed by atoms with Crippen LogP contribution in [0.4, 0.5) is 0 Å². The van der Waals surface area contributed by atoms with Crippen molar-refractivity contribution in [1.82, 2.24) is 4.90 Å². The fraction of sp³-hybridized carbons (Fsp3) is 0.571. The minimum absolute atomic E-state index is 0.433. The van der Waals surface area contributed by atoms with Crippen molar-refractivity contribution >= 4 is 23.2 Å². The highest BCUT2D eigenvalue weighted by Crippen LogP contribution is 2.34. The maximum absolute atomic E-state index is 10.9. The van der Waals surface area contributed by atoms with E-state index in [1.54, 1.807) is 12.1 Å². The number of rotatable bonds is 7. The van der Waals surface area contributed by atoms with Gasteiger partial charge in [0.15, 0.2) is 0 Å². The van der Waals surface area contributed by atoms with Crippen molar-refractivity contribution in [3.05, 3.63) is 69.2 Å². The first-order valence-electron chi connectivity index (χ1n) is 12.5. The van der Waals surface area contributed by atoms with E-state index in [4.69, 9.17) is 23.2 Å². The van der Waals surface area contributed by atoms with E-state index in [9.17, 15) is 5.11 Å². The average molecular weight is 475 g/mol. The van der Waals surface area contributed by atoms with Gasteiger partial charge in [-0.05, 0) is 66.5 Å². The maximum Gasteiger partial charge on any atom is 0.104 e. The van der Waals surface area contributed by atoms with Crippen molar-refractivity contribution in [2.75, 3.05) is 13.1 Å². The zero-order valence-electron chi connectivity index (χ0n) is 19.3. The molecule has 2 nitrogen and oxygen atoms in total. The van der Waals surface area contributed by atoms with Gasteiger partial charge in [0.1, 0.15) is 6.10 Å². The summed E-state index contributed by atoms with van der Waals surface area (Å²) in [5.41, 5.74) is 2.97. The Morgan fingerprint density at radius 2 is 1.59 bits per heavy atom. The number of benzene rings is 2. The van der Waals surface area contributed by atoms with Gasteiger partial charge in [0.2, 0.25) is 0 Å². The molecule has 0 bridgehead atoms. The number of aliphatic hydroxyl groups is 1. The van der Waals surface area contributed by atoms with E-state index in [0.29, 0.717) is 16.0 Å². The summed E-state index contributed by atoms with van der Waals surface area (Å²) in [6.07, 6.45) is 11.9. The minimum Gasteiger partial charge on any atom is -0.384 e. The highest BCUT2D eigenvalue weighted by atomic mass is 35.5. The molecule has 2 aromatic carbocycles. The highest BCUT2D eigenvalue weighted by molar-refractivity contribution is 6.42. The lowest BCUT2D eigenvalue weighted by molar-refractivity contribution is 0.111. The van der Waals surface area contributed by atoms with E-state index >= 15 is 0 Å². The number of piperidine rings is 1. The van der Waals surface area contributed by atoms with Gasteiger partial charge in [0, 0.05) is 12.6 Å². The fourth-order valence-corrected chi connectivity index (χ4v) is 6.05. The molecule has 1 saturated heterocycles. The van der Waals surface area contributed by atoms with Crippen LogP contribution in [0.25, 0.3) is 0 Å². The summed E-state index contributed by atoms with van der Waals surface area (Å²) in [4.78, 5) is 2.77. The summed E-state index contributed by atoms with van der Waals surface area (Å²) in [5.74, 6) is 1.37. The van der Waals surface area contributed by atoms with Crippen LogP contribution in [-0.4, -0.2) is 29.1 Å². The van der Waals surface area contributed by atoms with Crippen LogP contribution in [0.5, 0.6) is 0 Å². The molecule has 0 spiro atoms. The first-order chi connectivity index (χ1) is 15.5. The van der Waals surface area contributed by atoms with Gasteiger partial charge in [-0.1, -0.05) is 99.0 Å². The van der Waals surface area contributed by atoms with Crippen LogP contribution in [-0.2, 0) is 0 Å². The van der Waals surface area contributed by atoms with Crippen LogP contribution in [0.1, 0.15) is 93.4 Å². The Labute approximate surface area is 203 Å². The van der Waals surface area contributed by atoms with Crippen molar-refractivity contribution < 1.29 is 5.11 Å². The van der Waals surface area contributed by atoms with Crippen molar-refractivity contribution in [2.45, 2.75) is 82.8 Å². The molecule has 4 rings (SSSR count). The summed E-state index contributed by atoms with van der Waals surface area (Å²) in [6.45, 7) is 4.66. The summed E-state index contributed by atoms with van der Waals surface area (Å²) in [6, 6.07) is 14.5. The Hall–Kier alpha value is -1.06. The molecule has 2 aromatic rings. The van der Waals surface area contributed by atoms with Crippen LogP contribution in [0.3, 0.4) is 0 Å². The van der Waals surface area contributed by atoms with Crippen LogP contribution < -0.4 is 0 Å². The molecule has 2 fully saturated rings. The monoisotopic (exact) mass is 473 g/mol. The fourth-order valence-electron chi connectivity index (χ4n) is 5.74. The number of hydrogen-bond donors (Lipinski definition) is 1. The normalized spacial score (nSPS) is 22.6. The largest absolute Gasteiger partial charge is 0.384 e. The quantitative estimate of drug-likeness (QED) is 0.439. The second-order valence-electron chi connectivity index (χ2n) is 10.0. The molecule has 4 heteroatoms. The van der Waals surface area contributed by atoms with E-state index in [0.717, 1.165) is 29.6 Å². The van der Waals surface area contributed by atoms with Gasteiger partial charge >= 0.3 is 0 Å². The lowest BCUT2D eigenvalue weighted by atomic mass is 9.82. The molecule has 2 aliphatic rings. The van der Waals surface area contributed by atoms with Gasteiger partial charge in [-0.2, -0.15) is 0 Å². The van der Waals surface area contributed by atoms with Gasteiger partial charge in [0.05, 0.1) is 10.0 Å². The van der Waals surface area contributed by atoms with Crippen molar-refractivity contribution in [3.8, 4) is 0 Å². The predicted molar refractivity (Wildman–Crippen MR) is 136 cm³/mol. The van der Waals surface area contributed by atoms with E-state index in [2.05, 4.69) is 30.0 Å². The van der Waals surface area contributed by atoms with Crippen molar-refractivity contribution in [3.63, 3.8) is 0 Å². The molecule has 1 N–H and O–H groups in total. The molecule has 0 amide bonds. The predicted octanol–water partition coefficient (Wildman–Crippen LogP) is 8.00. The Morgan fingerprint density at radius 3 is 2.38 bits per heavy atom. The molecule has 1 heterocycles. The first-order valence-corrected chi connectivity index (χ1v) is 13.2. The molecule has 32 heavy (non-hydrogen) atoms. The summed E-state index contributed by atoms with van der Waals surface area (Å²) in [5, 5.41) is 11.9. The van der Waals surface area contributed by atoms with E-state index in [-0.39, 0.29) is 0 Å². The topological polar surface area (TPSA) is 23.5 Å². The molecule has 3 atom stereocenters. The Balaban J connectivity index is 1.43. The van der Waals surface area contributed by atoms with Crippen LogP contribution >= 0.6 is 23.2 Å². The number of likely N-dealkylation sites (tertiary alicyclic amines) is 1. The van der Waals surface area contributed by atoms with Gasteiger partial charge in [-0.25, -0.2) is 0 Å². The third kappa shape index (κ3) is 6.08. The number of nitrogens with zero attached hydrogens (tertiary/aromatic N) is 1. The summed E-state index contributed by atoms with van der Waals surface area (Å²) < 4.78 is 0. The molecule has 174 valence electrons. The molecule has 1 saturated carbocycles. The van der Waals surface area contributed by atoms with Crippen LogP contribution in [0.2, 0.25) is 10.0 Å². The zero-order valence-corrected chi connectivity index (χ0v) is 20.8. The van der Waals surface area contributed by atoms with E-state index in [1.807, 2.05) is 12.1 Å². The first kappa shape index (κ1) is 24.1. The van der Waals surface area contributed by atoms with Gasteiger partial charge in [-0.3, -0.25) is 4.90 Å². The van der Waals surface area contributed by atoms with Gasteiger partial charge in [-0.15, -0.1) is 0 Å². The highest BCUT2D eigenvalue weighted by Gasteiger charge is 2.27. The molecule has 1 aliphatic heterocycles. The average Bonchev–Trinajstić information content (AvgIpc) is 2.82. The van der Waals surface area contributed by atoms with Crippen molar-refractivity contribution in [2.24, 2.45) is 5.92 Å². The molecule has 3 unspecified atom stereocenters. The molecule has 0 radical (unpaired) electrons. The maximum atomic E-state index is 10.9.